The van der Waals surface area contributed by atoms with Crippen molar-refractivity contribution in [1.82, 2.24) is 18.6 Å². The molecule has 246 valence electrons. The Hall–Kier alpha value is -3.74. The number of aryl methyl sites for hydroxylation is 1. The number of anilines is 1. The van der Waals surface area contributed by atoms with Gasteiger partial charge in [0.2, 0.25) is 10.0 Å². The standard InChI is InChI=1S/C35H38ClN5O4S2/c1-2-33(26-8-10-28(36)11-9-26)47(44,45)37-16-13-25-7-12-31-30(23-25)27(24-41(31)18-15-34(42)43)14-17-39-19-21-40(22-20-39)35-29-5-3-4-6-32(29)46-38-35/h2-12,23-24,33,37H,1,13-22H2,(H,42,43). The Balaban J connectivity index is 1.11. The average Bonchev–Trinajstić information content (AvgIpc) is 3.65. The quantitative estimate of drug-likeness (QED) is 0.135. The maximum atomic E-state index is 13.1. The van der Waals surface area contributed by atoms with Crippen LogP contribution in [0.1, 0.15) is 28.4 Å². The summed E-state index contributed by atoms with van der Waals surface area (Å²) in [5.41, 5.74) is 3.75. The van der Waals surface area contributed by atoms with Crippen molar-refractivity contribution < 1.29 is 18.3 Å². The lowest BCUT2D eigenvalue weighted by atomic mass is 10.1. The van der Waals surface area contributed by atoms with Gasteiger partial charge in [-0.05, 0) is 77.5 Å². The molecule has 1 aliphatic heterocycles. The number of hydrogen-bond donors (Lipinski definition) is 2. The van der Waals surface area contributed by atoms with Crippen LogP contribution < -0.4 is 9.62 Å². The van der Waals surface area contributed by atoms with Gasteiger partial charge in [0.1, 0.15) is 11.1 Å². The second-order valence-corrected chi connectivity index (χ2v) is 14.9. The van der Waals surface area contributed by atoms with Crippen LogP contribution in [-0.4, -0.2) is 72.6 Å². The highest BCUT2D eigenvalue weighted by Crippen LogP contribution is 2.30. The molecule has 0 aliphatic carbocycles. The maximum Gasteiger partial charge on any atom is 0.305 e. The molecule has 0 radical (unpaired) electrons. The predicted octanol–water partition coefficient (Wildman–Crippen LogP) is 6.13. The molecular formula is C35H38ClN5O4S2. The van der Waals surface area contributed by atoms with Crippen LogP contribution in [0, 0.1) is 0 Å². The third kappa shape index (κ3) is 7.71. The summed E-state index contributed by atoms with van der Waals surface area (Å²) in [7, 11) is -3.70. The summed E-state index contributed by atoms with van der Waals surface area (Å²) in [5, 5.41) is 11.3. The maximum absolute atomic E-state index is 13.1. The molecule has 0 bridgehead atoms. The molecule has 0 amide bonds. The molecule has 3 heterocycles. The van der Waals surface area contributed by atoms with E-state index in [4.69, 9.17) is 16.0 Å². The molecule has 6 rings (SSSR count). The zero-order valence-corrected chi connectivity index (χ0v) is 28.4. The number of carboxylic acids is 1. The molecule has 1 atom stereocenters. The molecule has 3 aromatic carbocycles. The summed E-state index contributed by atoms with van der Waals surface area (Å²) in [6.45, 7) is 8.97. The van der Waals surface area contributed by atoms with Gasteiger partial charge in [-0.2, -0.15) is 4.37 Å². The summed E-state index contributed by atoms with van der Waals surface area (Å²) < 4.78 is 37.0. The zero-order chi connectivity index (χ0) is 33.0. The van der Waals surface area contributed by atoms with Crippen LogP contribution >= 0.6 is 23.1 Å². The Morgan fingerprint density at radius 1 is 1.02 bits per heavy atom. The molecule has 5 aromatic rings. The molecule has 47 heavy (non-hydrogen) atoms. The van der Waals surface area contributed by atoms with E-state index in [-0.39, 0.29) is 13.0 Å². The fourth-order valence-electron chi connectivity index (χ4n) is 6.26. The van der Waals surface area contributed by atoms with Crippen molar-refractivity contribution in [2.24, 2.45) is 0 Å². The van der Waals surface area contributed by atoms with Crippen molar-refractivity contribution in [3.8, 4) is 0 Å². The molecule has 1 fully saturated rings. The molecule has 12 heteroatoms. The van der Waals surface area contributed by atoms with Crippen LogP contribution in [0.2, 0.25) is 5.02 Å². The lowest BCUT2D eigenvalue weighted by Crippen LogP contribution is -2.47. The first-order valence-corrected chi connectivity index (χ1v) is 18.4. The third-order valence-electron chi connectivity index (χ3n) is 8.79. The Labute approximate surface area is 284 Å². The Kier molecular flexibility index (Phi) is 10.3. The van der Waals surface area contributed by atoms with E-state index in [2.05, 4.69) is 51.6 Å². The second kappa shape index (κ2) is 14.6. The largest absolute Gasteiger partial charge is 0.481 e. The fourth-order valence-corrected chi connectivity index (χ4v) is 8.51. The summed E-state index contributed by atoms with van der Waals surface area (Å²) >= 11 is 7.53. The van der Waals surface area contributed by atoms with Crippen LogP contribution in [0.4, 0.5) is 5.82 Å². The Morgan fingerprint density at radius 3 is 2.53 bits per heavy atom. The number of nitrogens with one attached hydrogen (secondary N) is 1. The smallest absolute Gasteiger partial charge is 0.305 e. The van der Waals surface area contributed by atoms with E-state index in [0.717, 1.165) is 67.0 Å². The van der Waals surface area contributed by atoms with Gasteiger partial charge in [0, 0.05) is 73.3 Å². The minimum absolute atomic E-state index is 0.0398. The van der Waals surface area contributed by atoms with Crippen molar-refractivity contribution in [3.63, 3.8) is 0 Å². The first-order chi connectivity index (χ1) is 22.7. The SMILES string of the molecule is C=CC(c1ccc(Cl)cc1)S(=O)(=O)NCCc1ccc2c(c1)c(CCN1CCN(c3nsc4ccccc34)CC1)cn2CCC(=O)O. The van der Waals surface area contributed by atoms with E-state index in [1.54, 1.807) is 35.8 Å². The van der Waals surface area contributed by atoms with Gasteiger partial charge in [-0.25, -0.2) is 13.1 Å². The monoisotopic (exact) mass is 691 g/mol. The van der Waals surface area contributed by atoms with E-state index in [1.807, 2.05) is 22.8 Å². The second-order valence-electron chi connectivity index (χ2n) is 11.8. The van der Waals surface area contributed by atoms with Crippen LogP contribution in [-0.2, 0) is 34.2 Å². The van der Waals surface area contributed by atoms with E-state index in [9.17, 15) is 18.3 Å². The highest BCUT2D eigenvalue weighted by atomic mass is 35.5. The van der Waals surface area contributed by atoms with Crippen molar-refractivity contribution in [3.05, 3.63) is 107 Å². The van der Waals surface area contributed by atoms with E-state index >= 15 is 0 Å². The lowest BCUT2D eigenvalue weighted by Gasteiger charge is -2.35. The Bertz CT molecular complexity index is 1980. The number of carbonyl (C=O) groups is 1. The number of nitrogens with zero attached hydrogens (tertiary/aromatic N) is 4. The van der Waals surface area contributed by atoms with E-state index in [0.29, 0.717) is 23.6 Å². The van der Waals surface area contributed by atoms with Gasteiger partial charge in [-0.1, -0.05) is 48.0 Å². The summed E-state index contributed by atoms with van der Waals surface area (Å²) in [5.74, 6) is 0.242. The highest BCUT2D eigenvalue weighted by molar-refractivity contribution is 7.89. The third-order valence-corrected chi connectivity index (χ3v) is 11.6. The van der Waals surface area contributed by atoms with Gasteiger partial charge < -0.3 is 14.6 Å². The normalized spacial score (nSPS) is 15.0. The first-order valence-electron chi connectivity index (χ1n) is 15.7. The number of fused-ring (bicyclic) bond motifs is 2. The topological polar surface area (TPSA) is 108 Å². The number of rotatable bonds is 14. The van der Waals surface area contributed by atoms with Gasteiger partial charge in [-0.15, -0.1) is 6.58 Å². The molecule has 1 aliphatic rings. The van der Waals surface area contributed by atoms with E-state index < -0.39 is 21.2 Å². The molecule has 2 aromatic heterocycles. The van der Waals surface area contributed by atoms with Crippen molar-refractivity contribution in [1.29, 1.82) is 0 Å². The van der Waals surface area contributed by atoms with Crippen molar-refractivity contribution in [2.75, 3.05) is 44.2 Å². The van der Waals surface area contributed by atoms with E-state index in [1.165, 1.54) is 16.2 Å². The highest BCUT2D eigenvalue weighted by Gasteiger charge is 2.24. The average molecular weight is 692 g/mol. The van der Waals surface area contributed by atoms with Crippen LogP contribution in [0.3, 0.4) is 0 Å². The van der Waals surface area contributed by atoms with Gasteiger partial charge >= 0.3 is 5.97 Å². The molecule has 1 unspecified atom stereocenters. The number of aromatic nitrogens is 2. The number of benzene rings is 3. The number of halogens is 1. The van der Waals surface area contributed by atoms with Crippen molar-refractivity contribution >= 4 is 65.9 Å². The molecule has 1 saturated heterocycles. The van der Waals surface area contributed by atoms with Gasteiger partial charge in [0.15, 0.2) is 0 Å². The van der Waals surface area contributed by atoms with Crippen LogP contribution in [0.15, 0.2) is 85.6 Å². The zero-order valence-electron chi connectivity index (χ0n) is 26.0. The number of piperazine rings is 1. The van der Waals surface area contributed by atoms with Gasteiger partial charge in [-0.3, -0.25) is 9.69 Å². The van der Waals surface area contributed by atoms with Gasteiger partial charge in [0.25, 0.3) is 0 Å². The molecule has 2 N–H and O–H groups in total. The molecule has 0 spiro atoms. The molecule has 9 nitrogen and oxygen atoms in total. The van der Waals surface area contributed by atoms with Crippen LogP contribution in [0.25, 0.3) is 21.0 Å². The molecule has 0 saturated carbocycles. The fraction of sp³-hybridized carbons (Fsp3) is 0.314. The Morgan fingerprint density at radius 2 is 1.79 bits per heavy atom. The lowest BCUT2D eigenvalue weighted by molar-refractivity contribution is -0.137. The first kappa shape index (κ1) is 33.2. The summed E-state index contributed by atoms with van der Waals surface area (Å²) in [6, 6.07) is 21.2. The number of carboxylic acid groups (broad SMARTS) is 1. The van der Waals surface area contributed by atoms with Crippen molar-refractivity contribution in [2.45, 2.75) is 31.1 Å². The molecular weight excluding hydrogens is 654 g/mol. The number of sulfonamides is 1. The number of aliphatic carboxylic acids is 1. The number of hydrogen-bond acceptors (Lipinski definition) is 7. The van der Waals surface area contributed by atoms with Crippen LogP contribution in [0.5, 0.6) is 0 Å². The minimum Gasteiger partial charge on any atom is -0.481 e. The predicted molar refractivity (Wildman–Crippen MR) is 191 cm³/mol. The summed E-state index contributed by atoms with van der Waals surface area (Å²) in [6.07, 6.45) is 4.88. The van der Waals surface area contributed by atoms with Gasteiger partial charge in [0.05, 0.1) is 11.1 Å². The summed E-state index contributed by atoms with van der Waals surface area (Å²) in [4.78, 5) is 16.2. The minimum atomic E-state index is -3.70.